The molecule has 0 bridgehead atoms. The second kappa shape index (κ2) is 13.8. The zero-order valence-electron chi connectivity index (χ0n) is 26.1. The van der Waals surface area contributed by atoms with Crippen molar-refractivity contribution in [1.29, 1.82) is 0 Å². The van der Waals surface area contributed by atoms with Gasteiger partial charge in [0.15, 0.2) is 0 Å². The summed E-state index contributed by atoms with van der Waals surface area (Å²) < 4.78 is 86.1. The molecule has 1 aliphatic heterocycles. The van der Waals surface area contributed by atoms with Crippen molar-refractivity contribution in [3.8, 4) is 0 Å². The van der Waals surface area contributed by atoms with Crippen LogP contribution in [-0.2, 0) is 33.5 Å². The Bertz CT molecular complexity index is 1400. The van der Waals surface area contributed by atoms with Gasteiger partial charge in [0.1, 0.15) is 12.3 Å². The predicted molar refractivity (Wildman–Crippen MR) is 158 cm³/mol. The van der Waals surface area contributed by atoms with Crippen LogP contribution in [0.25, 0.3) is 0 Å². The number of carbonyl (C=O) groups excluding carboxylic acids is 1. The molecule has 1 saturated carbocycles. The van der Waals surface area contributed by atoms with Crippen molar-refractivity contribution < 1.29 is 40.7 Å². The number of hydrogen-bond acceptors (Lipinski definition) is 9. The van der Waals surface area contributed by atoms with Crippen LogP contribution in [0.5, 0.6) is 0 Å². The lowest BCUT2D eigenvalue weighted by Crippen LogP contribution is -2.43. The molecule has 0 aromatic carbocycles. The van der Waals surface area contributed by atoms with Gasteiger partial charge in [-0.05, 0) is 44.6 Å². The number of nitrogens with zero attached hydrogens (tertiary/aromatic N) is 5. The minimum Gasteiger partial charge on any atom is -0.378 e. The number of hydrogen-bond donors (Lipinski definition) is 2. The summed E-state index contributed by atoms with van der Waals surface area (Å²) in [4.78, 5) is 40.6. The van der Waals surface area contributed by atoms with Crippen molar-refractivity contribution in [2.75, 3.05) is 36.5 Å². The van der Waals surface area contributed by atoms with Crippen molar-refractivity contribution in [1.82, 2.24) is 25.2 Å². The van der Waals surface area contributed by atoms with E-state index in [9.17, 15) is 35.9 Å². The Balaban J connectivity index is 1.27. The number of alkyl halides is 6. The molecule has 1 amide bonds. The SMILES string of the molecule is CC(CONC(=O)C1(C2CCN(c3ncc(C(F)(F)F)cn3)CC2)CC1)Nc1cnn(COCC[Si](C)(C)C)c(=O)c1C(F)(F)F. The van der Waals surface area contributed by atoms with Crippen molar-refractivity contribution in [2.45, 2.75) is 83.4 Å². The fourth-order valence-corrected chi connectivity index (χ4v) is 6.11. The van der Waals surface area contributed by atoms with Crippen molar-refractivity contribution in [2.24, 2.45) is 11.3 Å². The third-order valence-corrected chi connectivity index (χ3v) is 9.91. The van der Waals surface area contributed by atoms with E-state index in [4.69, 9.17) is 9.57 Å². The number of anilines is 2. The molecule has 4 rings (SSSR count). The van der Waals surface area contributed by atoms with Crippen molar-refractivity contribution in [3.63, 3.8) is 0 Å². The molecule has 0 spiro atoms. The second-order valence-corrected chi connectivity index (χ2v) is 18.7. The summed E-state index contributed by atoms with van der Waals surface area (Å²) in [7, 11) is -1.43. The van der Waals surface area contributed by atoms with Crippen LogP contribution in [0.15, 0.2) is 23.4 Å². The van der Waals surface area contributed by atoms with E-state index in [1.54, 1.807) is 4.90 Å². The molecule has 256 valence electrons. The lowest BCUT2D eigenvalue weighted by Gasteiger charge is -2.35. The molecule has 1 saturated heterocycles. The van der Waals surface area contributed by atoms with Gasteiger partial charge >= 0.3 is 12.4 Å². The van der Waals surface area contributed by atoms with Gasteiger partial charge in [0.2, 0.25) is 11.9 Å². The van der Waals surface area contributed by atoms with Gasteiger partial charge in [0.05, 0.1) is 29.5 Å². The van der Waals surface area contributed by atoms with Crippen LogP contribution in [0.2, 0.25) is 25.7 Å². The van der Waals surface area contributed by atoms with Crippen LogP contribution in [0, 0.1) is 11.3 Å². The van der Waals surface area contributed by atoms with Gasteiger partial charge in [-0.25, -0.2) is 20.1 Å². The van der Waals surface area contributed by atoms with E-state index >= 15 is 0 Å². The largest absolute Gasteiger partial charge is 0.423 e. The van der Waals surface area contributed by atoms with E-state index < -0.39 is 61.0 Å². The molecule has 3 heterocycles. The van der Waals surface area contributed by atoms with Crippen LogP contribution in [0.1, 0.15) is 43.7 Å². The number of hydroxylamine groups is 1. The topological polar surface area (TPSA) is 124 Å². The Kier molecular flexibility index (Phi) is 10.7. The van der Waals surface area contributed by atoms with E-state index in [2.05, 4.69) is 45.5 Å². The number of nitrogens with one attached hydrogen (secondary N) is 2. The molecule has 2 aliphatic rings. The van der Waals surface area contributed by atoms with Gasteiger partial charge < -0.3 is 15.0 Å². The Morgan fingerprint density at radius 1 is 1.07 bits per heavy atom. The quantitative estimate of drug-likeness (QED) is 0.131. The maximum atomic E-state index is 13.9. The summed E-state index contributed by atoms with van der Waals surface area (Å²) in [5.41, 5.74) is -2.41. The summed E-state index contributed by atoms with van der Waals surface area (Å²) in [5, 5.41) is 6.45. The number of amides is 1. The maximum absolute atomic E-state index is 13.9. The Morgan fingerprint density at radius 3 is 2.24 bits per heavy atom. The molecule has 1 atom stereocenters. The first-order valence-electron chi connectivity index (χ1n) is 15.0. The summed E-state index contributed by atoms with van der Waals surface area (Å²) in [6.07, 6.45) is -4.60. The standard InChI is InChI=1S/C28H39F6N7O4Si/c1-18(38-21-15-37-41(17-44-11-12-46(2,3)4)23(42)22(21)28(32,33)34)16-45-39-24(43)26(7-8-26)19-5-9-40(10-6-19)25-35-13-20(14-36-25)27(29,30)31/h13-15,18-19,38H,5-12,16-17H2,1-4H3,(H,39,43). The molecule has 2 aromatic rings. The highest BCUT2D eigenvalue weighted by molar-refractivity contribution is 6.76. The van der Waals surface area contributed by atoms with Crippen LogP contribution in [-0.4, -0.2) is 66.1 Å². The zero-order chi connectivity index (χ0) is 33.9. The molecule has 46 heavy (non-hydrogen) atoms. The van der Waals surface area contributed by atoms with Crippen LogP contribution in [0.4, 0.5) is 38.0 Å². The van der Waals surface area contributed by atoms with Crippen LogP contribution in [0.3, 0.4) is 0 Å². The Labute approximate surface area is 263 Å². The van der Waals surface area contributed by atoms with E-state index in [-0.39, 0.29) is 24.4 Å². The lowest BCUT2D eigenvalue weighted by atomic mass is 9.81. The second-order valence-electron chi connectivity index (χ2n) is 13.1. The normalized spacial score (nSPS) is 17.9. The highest BCUT2D eigenvalue weighted by Crippen LogP contribution is 2.55. The molecule has 1 aliphatic carbocycles. The highest BCUT2D eigenvalue weighted by Gasteiger charge is 2.56. The van der Waals surface area contributed by atoms with E-state index in [1.165, 1.54) is 6.92 Å². The molecule has 18 heteroatoms. The van der Waals surface area contributed by atoms with Gasteiger partial charge in [-0.1, -0.05) is 19.6 Å². The molecule has 1 unspecified atom stereocenters. The number of ether oxygens (including phenoxy) is 1. The van der Waals surface area contributed by atoms with E-state index in [0.717, 1.165) is 24.6 Å². The smallest absolute Gasteiger partial charge is 0.378 e. The minimum atomic E-state index is -4.95. The fourth-order valence-electron chi connectivity index (χ4n) is 5.35. The maximum Gasteiger partial charge on any atom is 0.423 e. The van der Waals surface area contributed by atoms with Crippen LogP contribution < -0.4 is 21.3 Å². The number of rotatable bonds is 13. The molecule has 2 aromatic heterocycles. The van der Waals surface area contributed by atoms with Gasteiger partial charge in [-0.15, -0.1) is 0 Å². The number of piperidine rings is 1. The van der Waals surface area contributed by atoms with E-state index in [0.29, 0.717) is 50.1 Å². The molecule has 0 radical (unpaired) electrons. The fraction of sp³-hybridized carbons (Fsp3) is 0.679. The first kappa shape index (κ1) is 35.6. The monoisotopic (exact) mass is 679 g/mol. The lowest BCUT2D eigenvalue weighted by molar-refractivity contribution is -0.142. The molecular formula is C28H39F6N7O4Si. The number of carbonyl (C=O) groups is 1. The zero-order valence-corrected chi connectivity index (χ0v) is 27.1. The highest BCUT2D eigenvalue weighted by atomic mass is 28.3. The van der Waals surface area contributed by atoms with Gasteiger partial charge in [-0.2, -0.15) is 31.4 Å². The summed E-state index contributed by atoms with van der Waals surface area (Å²) >= 11 is 0. The summed E-state index contributed by atoms with van der Waals surface area (Å²) in [6.45, 7) is 8.54. The first-order chi connectivity index (χ1) is 21.4. The average molecular weight is 680 g/mol. The Hall–Kier alpha value is -3.25. The number of halogens is 6. The molecule has 11 nitrogen and oxygen atoms in total. The minimum absolute atomic E-state index is 0.00349. The van der Waals surface area contributed by atoms with Gasteiger partial charge in [0, 0.05) is 46.2 Å². The third kappa shape index (κ3) is 8.96. The van der Waals surface area contributed by atoms with Crippen molar-refractivity contribution >= 4 is 25.6 Å². The van der Waals surface area contributed by atoms with Gasteiger partial charge in [0.25, 0.3) is 5.56 Å². The van der Waals surface area contributed by atoms with E-state index in [1.807, 2.05) is 0 Å². The van der Waals surface area contributed by atoms with Gasteiger partial charge in [-0.3, -0.25) is 14.4 Å². The first-order valence-corrected chi connectivity index (χ1v) is 18.7. The average Bonchev–Trinajstić information content (AvgIpc) is 3.77. The third-order valence-electron chi connectivity index (χ3n) is 8.20. The van der Waals surface area contributed by atoms with Crippen LogP contribution >= 0.6 is 0 Å². The summed E-state index contributed by atoms with van der Waals surface area (Å²) in [5.74, 6) is -0.139. The van der Waals surface area contributed by atoms with Crippen molar-refractivity contribution in [3.05, 3.63) is 40.1 Å². The molecule has 2 N–H and O–H groups in total. The molecular weight excluding hydrogens is 640 g/mol. The Morgan fingerprint density at radius 2 is 1.70 bits per heavy atom. The molecule has 2 fully saturated rings. The number of aromatic nitrogens is 4. The summed E-state index contributed by atoms with van der Waals surface area (Å²) in [6, 6.07) is 0.0389. The predicted octanol–water partition coefficient (Wildman–Crippen LogP) is 4.93.